The number of hydrogen-bond acceptors (Lipinski definition) is 3. The van der Waals surface area contributed by atoms with Gasteiger partial charge in [0.1, 0.15) is 5.71 Å². The lowest BCUT2D eigenvalue weighted by Gasteiger charge is -2.07. The molecule has 0 saturated heterocycles. The van der Waals surface area contributed by atoms with E-state index in [0.29, 0.717) is 6.42 Å². The average Bonchev–Trinajstić information content (AvgIpc) is 2.86. The molecule has 2 rings (SSSR count). The standard InChI is InChI=1S/C14H14N2O/c1-3-7-11(4-2)14-10-13(16-17-14)12-8-5-6-9-15-12/h3-9,14H,1-2,10H2/b11-7+. The van der Waals surface area contributed by atoms with Crippen molar-refractivity contribution in [1.29, 1.82) is 0 Å². The Morgan fingerprint density at radius 2 is 2.29 bits per heavy atom. The summed E-state index contributed by atoms with van der Waals surface area (Å²) in [6.45, 7) is 7.43. The quantitative estimate of drug-likeness (QED) is 0.740. The van der Waals surface area contributed by atoms with Gasteiger partial charge in [-0.3, -0.25) is 4.98 Å². The number of rotatable bonds is 4. The van der Waals surface area contributed by atoms with Crippen molar-refractivity contribution >= 4 is 5.71 Å². The minimum atomic E-state index is -0.0810. The number of allylic oxidation sites excluding steroid dienone is 2. The molecule has 86 valence electrons. The van der Waals surface area contributed by atoms with Crippen LogP contribution in [0.2, 0.25) is 0 Å². The Kier molecular flexibility index (Phi) is 3.50. The summed E-state index contributed by atoms with van der Waals surface area (Å²) >= 11 is 0. The first kappa shape index (κ1) is 11.3. The zero-order valence-electron chi connectivity index (χ0n) is 9.54. The molecule has 17 heavy (non-hydrogen) atoms. The fourth-order valence-corrected chi connectivity index (χ4v) is 1.68. The molecule has 0 fully saturated rings. The average molecular weight is 226 g/mol. The molecule has 2 heterocycles. The first-order valence-corrected chi connectivity index (χ1v) is 5.44. The van der Waals surface area contributed by atoms with E-state index in [9.17, 15) is 0 Å². The van der Waals surface area contributed by atoms with Crippen LogP contribution in [0, 0.1) is 0 Å². The smallest absolute Gasteiger partial charge is 0.158 e. The third-order valence-corrected chi connectivity index (χ3v) is 2.55. The zero-order valence-corrected chi connectivity index (χ0v) is 9.54. The van der Waals surface area contributed by atoms with E-state index in [-0.39, 0.29) is 6.10 Å². The van der Waals surface area contributed by atoms with E-state index >= 15 is 0 Å². The molecule has 3 heteroatoms. The lowest BCUT2D eigenvalue weighted by Crippen LogP contribution is -2.11. The van der Waals surface area contributed by atoms with Crippen molar-refractivity contribution in [3.63, 3.8) is 0 Å². The molecule has 1 aromatic heterocycles. The van der Waals surface area contributed by atoms with Gasteiger partial charge in [-0.05, 0) is 17.7 Å². The molecule has 1 aromatic rings. The molecule has 1 aliphatic rings. The van der Waals surface area contributed by atoms with E-state index in [1.807, 2.05) is 24.3 Å². The number of oxime groups is 1. The van der Waals surface area contributed by atoms with Gasteiger partial charge in [0.25, 0.3) is 0 Å². The van der Waals surface area contributed by atoms with Gasteiger partial charge in [0, 0.05) is 12.6 Å². The van der Waals surface area contributed by atoms with E-state index in [1.54, 1.807) is 18.3 Å². The SMILES string of the molecule is C=C/C=C(\C=C)C1CC(c2ccccn2)=NO1. The lowest BCUT2D eigenvalue weighted by atomic mass is 10.0. The van der Waals surface area contributed by atoms with Gasteiger partial charge in [0.15, 0.2) is 6.10 Å². The van der Waals surface area contributed by atoms with Crippen molar-refractivity contribution in [3.8, 4) is 0 Å². The molecule has 0 spiro atoms. The van der Waals surface area contributed by atoms with Gasteiger partial charge in [0.05, 0.1) is 5.69 Å². The number of nitrogens with zero attached hydrogens (tertiary/aromatic N) is 2. The van der Waals surface area contributed by atoms with Crippen molar-refractivity contribution < 1.29 is 4.84 Å². The molecular formula is C14H14N2O. The molecule has 0 aromatic carbocycles. The van der Waals surface area contributed by atoms with Gasteiger partial charge in [-0.15, -0.1) is 0 Å². The highest BCUT2D eigenvalue weighted by Crippen LogP contribution is 2.21. The van der Waals surface area contributed by atoms with Crippen LogP contribution in [0.4, 0.5) is 0 Å². The Morgan fingerprint density at radius 3 is 2.94 bits per heavy atom. The molecule has 1 unspecified atom stereocenters. The summed E-state index contributed by atoms with van der Waals surface area (Å²) in [6, 6.07) is 5.74. The molecule has 0 saturated carbocycles. The molecule has 0 bridgehead atoms. The summed E-state index contributed by atoms with van der Waals surface area (Å²) in [5, 5.41) is 4.07. The molecule has 0 N–H and O–H groups in total. The molecule has 0 aliphatic carbocycles. The molecule has 0 radical (unpaired) electrons. The third kappa shape index (κ3) is 2.50. The fraction of sp³-hybridized carbons (Fsp3) is 0.143. The molecular weight excluding hydrogens is 212 g/mol. The van der Waals surface area contributed by atoms with Crippen LogP contribution >= 0.6 is 0 Å². The second kappa shape index (κ2) is 5.25. The van der Waals surface area contributed by atoms with E-state index in [1.165, 1.54) is 0 Å². The molecule has 1 aliphatic heterocycles. The van der Waals surface area contributed by atoms with Crippen LogP contribution in [-0.4, -0.2) is 16.8 Å². The maximum Gasteiger partial charge on any atom is 0.158 e. The number of aromatic nitrogens is 1. The van der Waals surface area contributed by atoms with Crippen LogP contribution in [-0.2, 0) is 4.84 Å². The van der Waals surface area contributed by atoms with Gasteiger partial charge in [-0.25, -0.2) is 0 Å². The summed E-state index contributed by atoms with van der Waals surface area (Å²) in [7, 11) is 0. The van der Waals surface area contributed by atoms with Crippen LogP contribution in [0.1, 0.15) is 12.1 Å². The highest BCUT2D eigenvalue weighted by atomic mass is 16.6. The van der Waals surface area contributed by atoms with Crippen LogP contribution in [0.25, 0.3) is 0 Å². The van der Waals surface area contributed by atoms with Crippen molar-refractivity contribution in [3.05, 3.63) is 67.0 Å². The van der Waals surface area contributed by atoms with E-state index in [0.717, 1.165) is 17.0 Å². The van der Waals surface area contributed by atoms with Gasteiger partial charge in [-0.2, -0.15) is 0 Å². The first-order valence-electron chi connectivity index (χ1n) is 5.44. The molecule has 3 nitrogen and oxygen atoms in total. The summed E-state index contributed by atoms with van der Waals surface area (Å²) < 4.78 is 0. The topological polar surface area (TPSA) is 34.5 Å². The van der Waals surface area contributed by atoms with Gasteiger partial charge >= 0.3 is 0 Å². The maximum atomic E-state index is 5.39. The maximum absolute atomic E-state index is 5.39. The lowest BCUT2D eigenvalue weighted by molar-refractivity contribution is 0.114. The largest absolute Gasteiger partial charge is 0.387 e. The van der Waals surface area contributed by atoms with Crippen LogP contribution in [0.3, 0.4) is 0 Å². The number of pyridine rings is 1. The Bertz CT molecular complexity index is 474. The zero-order chi connectivity index (χ0) is 12.1. The highest BCUT2D eigenvalue weighted by molar-refractivity contribution is 5.99. The van der Waals surface area contributed by atoms with Crippen molar-refractivity contribution in [2.24, 2.45) is 5.16 Å². The van der Waals surface area contributed by atoms with E-state index < -0.39 is 0 Å². The van der Waals surface area contributed by atoms with Gasteiger partial charge < -0.3 is 4.84 Å². The van der Waals surface area contributed by atoms with Gasteiger partial charge in [-0.1, -0.05) is 42.6 Å². The monoisotopic (exact) mass is 226 g/mol. The van der Waals surface area contributed by atoms with Crippen LogP contribution < -0.4 is 0 Å². The van der Waals surface area contributed by atoms with E-state index in [4.69, 9.17) is 4.84 Å². The predicted molar refractivity (Wildman–Crippen MR) is 68.7 cm³/mol. The predicted octanol–water partition coefficient (Wildman–Crippen LogP) is 2.87. The second-order valence-electron chi connectivity index (χ2n) is 3.66. The van der Waals surface area contributed by atoms with Crippen molar-refractivity contribution in [1.82, 2.24) is 4.98 Å². The Labute approximate surface area is 101 Å². The normalized spacial score (nSPS) is 19.4. The minimum absolute atomic E-state index is 0.0810. The van der Waals surface area contributed by atoms with Crippen molar-refractivity contribution in [2.45, 2.75) is 12.5 Å². The van der Waals surface area contributed by atoms with Crippen molar-refractivity contribution in [2.75, 3.05) is 0 Å². The minimum Gasteiger partial charge on any atom is -0.387 e. The summed E-state index contributed by atoms with van der Waals surface area (Å²) in [5.41, 5.74) is 2.71. The van der Waals surface area contributed by atoms with Crippen LogP contribution in [0.5, 0.6) is 0 Å². The third-order valence-electron chi connectivity index (χ3n) is 2.55. The molecule has 1 atom stereocenters. The summed E-state index contributed by atoms with van der Waals surface area (Å²) in [4.78, 5) is 9.64. The fourth-order valence-electron chi connectivity index (χ4n) is 1.68. The Hall–Kier alpha value is -2.16. The summed E-state index contributed by atoms with van der Waals surface area (Å²) in [6.07, 6.45) is 7.75. The van der Waals surface area contributed by atoms with Gasteiger partial charge in [0.2, 0.25) is 0 Å². The first-order chi connectivity index (χ1) is 8.35. The van der Waals surface area contributed by atoms with E-state index in [2.05, 4.69) is 23.3 Å². The number of hydrogen-bond donors (Lipinski definition) is 0. The second-order valence-corrected chi connectivity index (χ2v) is 3.66. The Morgan fingerprint density at radius 1 is 1.41 bits per heavy atom. The molecule has 0 amide bonds. The highest BCUT2D eigenvalue weighted by Gasteiger charge is 2.24. The Balaban J connectivity index is 2.11. The summed E-state index contributed by atoms with van der Waals surface area (Å²) in [5.74, 6) is 0. The van der Waals surface area contributed by atoms with Crippen LogP contribution in [0.15, 0.2) is 66.5 Å².